The average Bonchev–Trinajstić information content (AvgIpc) is 2.33. The van der Waals surface area contributed by atoms with Crippen molar-refractivity contribution in [3.8, 4) is 0 Å². The molecule has 3 nitrogen and oxygen atoms in total. The molecule has 3 N–H and O–H groups in total. The van der Waals surface area contributed by atoms with Gasteiger partial charge in [0.2, 0.25) is 5.91 Å². The number of nitrogens with one attached hydrogen (secondary N) is 1. The minimum absolute atomic E-state index is 0.217. The molecule has 0 aromatic rings. The predicted molar refractivity (Wildman–Crippen MR) is 53.2 cm³/mol. The normalized spacial score (nSPS) is 30.3. The van der Waals surface area contributed by atoms with E-state index >= 15 is 0 Å². The van der Waals surface area contributed by atoms with Crippen LogP contribution in [0.5, 0.6) is 0 Å². The lowest BCUT2D eigenvalue weighted by molar-refractivity contribution is -0.118. The van der Waals surface area contributed by atoms with Crippen LogP contribution in [0.25, 0.3) is 0 Å². The molecule has 1 fully saturated rings. The Morgan fingerprint density at radius 2 is 2.31 bits per heavy atom. The Hall–Kier alpha value is -0.570. The highest BCUT2D eigenvalue weighted by atomic mass is 16.1. The molecule has 0 saturated heterocycles. The van der Waals surface area contributed by atoms with Gasteiger partial charge in [-0.3, -0.25) is 4.79 Å². The molecule has 0 bridgehead atoms. The average molecular weight is 184 g/mol. The van der Waals surface area contributed by atoms with Crippen LogP contribution in [0.3, 0.4) is 0 Å². The summed E-state index contributed by atoms with van der Waals surface area (Å²) in [6, 6.07) is 0.831. The second-order valence-corrected chi connectivity index (χ2v) is 4.35. The highest BCUT2D eigenvalue weighted by molar-refractivity contribution is 5.74. The van der Waals surface area contributed by atoms with Crippen molar-refractivity contribution in [2.45, 2.75) is 51.6 Å². The van der Waals surface area contributed by atoms with E-state index in [4.69, 9.17) is 5.73 Å². The molecule has 3 heteroatoms. The maximum atomic E-state index is 10.6. The van der Waals surface area contributed by atoms with Gasteiger partial charge in [0.25, 0.3) is 0 Å². The first-order chi connectivity index (χ1) is 6.08. The Balaban J connectivity index is 2.20. The van der Waals surface area contributed by atoms with Crippen LogP contribution in [0.1, 0.15) is 39.5 Å². The monoisotopic (exact) mass is 184 g/mol. The number of hydrogen-bond donors (Lipinski definition) is 2. The van der Waals surface area contributed by atoms with E-state index in [0.717, 1.165) is 5.92 Å². The summed E-state index contributed by atoms with van der Waals surface area (Å²) in [4.78, 5) is 10.6. The Labute approximate surface area is 80.1 Å². The van der Waals surface area contributed by atoms with Crippen molar-refractivity contribution in [1.82, 2.24) is 5.32 Å². The lowest BCUT2D eigenvalue weighted by Gasteiger charge is -2.17. The van der Waals surface area contributed by atoms with Crippen molar-refractivity contribution in [2.75, 3.05) is 0 Å². The van der Waals surface area contributed by atoms with E-state index < -0.39 is 0 Å². The molecular weight excluding hydrogens is 164 g/mol. The molecule has 1 rings (SSSR count). The molecule has 3 atom stereocenters. The molecular formula is C10H20N2O. The largest absolute Gasteiger partial charge is 0.370 e. The second-order valence-electron chi connectivity index (χ2n) is 4.35. The molecule has 1 saturated carbocycles. The molecule has 0 aliphatic heterocycles. The summed E-state index contributed by atoms with van der Waals surface area (Å²) in [5.41, 5.74) is 5.12. The maximum Gasteiger partial charge on any atom is 0.218 e. The Kier molecular flexibility index (Phi) is 3.72. The van der Waals surface area contributed by atoms with Crippen molar-refractivity contribution in [3.63, 3.8) is 0 Å². The van der Waals surface area contributed by atoms with Crippen LogP contribution < -0.4 is 11.1 Å². The summed E-state index contributed by atoms with van der Waals surface area (Å²) in [6.07, 6.45) is 4.24. The number of rotatable bonds is 4. The first-order valence-corrected chi connectivity index (χ1v) is 5.12. The van der Waals surface area contributed by atoms with E-state index in [1.807, 2.05) is 6.92 Å². The SMILES string of the molecule is CC1CCC(NC(C)CC(N)=O)C1. The van der Waals surface area contributed by atoms with E-state index in [-0.39, 0.29) is 11.9 Å². The van der Waals surface area contributed by atoms with Gasteiger partial charge in [-0.2, -0.15) is 0 Å². The number of nitrogens with two attached hydrogens (primary N) is 1. The van der Waals surface area contributed by atoms with E-state index in [9.17, 15) is 4.79 Å². The first-order valence-electron chi connectivity index (χ1n) is 5.12. The predicted octanol–water partition coefficient (Wildman–Crippen LogP) is 1.03. The Morgan fingerprint density at radius 1 is 1.62 bits per heavy atom. The van der Waals surface area contributed by atoms with Gasteiger partial charge in [0.05, 0.1) is 0 Å². The Morgan fingerprint density at radius 3 is 2.77 bits per heavy atom. The highest BCUT2D eigenvalue weighted by Crippen LogP contribution is 2.24. The lowest BCUT2D eigenvalue weighted by atomic mass is 10.1. The van der Waals surface area contributed by atoms with Crippen LogP contribution in [-0.4, -0.2) is 18.0 Å². The maximum absolute atomic E-state index is 10.6. The van der Waals surface area contributed by atoms with Gasteiger partial charge in [0.15, 0.2) is 0 Å². The zero-order valence-corrected chi connectivity index (χ0v) is 8.55. The van der Waals surface area contributed by atoms with E-state index in [2.05, 4.69) is 12.2 Å². The second kappa shape index (κ2) is 4.61. The van der Waals surface area contributed by atoms with Crippen molar-refractivity contribution in [1.29, 1.82) is 0 Å². The number of amides is 1. The molecule has 0 aromatic heterocycles. The van der Waals surface area contributed by atoms with Gasteiger partial charge in [-0.25, -0.2) is 0 Å². The van der Waals surface area contributed by atoms with Crippen molar-refractivity contribution < 1.29 is 4.79 Å². The van der Waals surface area contributed by atoms with Crippen LogP contribution in [0.2, 0.25) is 0 Å². The van der Waals surface area contributed by atoms with Gasteiger partial charge in [0.1, 0.15) is 0 Å². The van der Waals surface area contributed by atoms with Crippen LogP contribution in [0, 0.1) is 5.92 Å². The van der Waals surface area contributed by atoms with Gasteiger partial charge in [-0.15, -0.1) is 0 Å². The highest BCUT2D eigenvalue weighted by Gasteiger charge is 2.22. The molecule has 0 spiro atoms. The number of primary amides is 1. The number of carbonyl (C=O) groups excluding carboxylic acids is 1. The standard InChI is InChI=1S/C10H20N2O/c1-7-3-4-9(5-7)12-8(2)6-10(11)13/h7-9,12H,3-6H2,1-2H3,(H2,11,13). The molecule has 1 amide bonds. The number of hydrogen-bond acceptors (Lipinski definition) is 2. The van der Waals surface area contributed by atoms with Crippen LogP contribution in [-0.2, 0) is 4.79 Å². The summed E-state index contributed by atoms with van der Waals surface area (Å²) < 4.78 is 0. The van der Waals surface area contributed by atoms with Gasteiger partial charge < -0.3 is 11.1 Å². The molecule has 1 aliphatic rings. The molecule has 3 unspecified atom stereocenters. The van der Waals surface area contributed by atoms with Crippen molar-refractivity contribution in [3.05, 3.63) is 0 Å². The zero-order valence-electron chi connectivity index (χ0n) is 8.55. The summed E-state index contributed by atoms with van der Waals surface area (Å²) in [5.74, 6) is 0.615. The van der Waals surface area contributed by atoms with Gasteiger partial charge in [-0.05, 0) is 32.1 Å². The molecule has 13 heavy (non-hydrogen) atoms. The number of carbonyl (C=O) groups is 1. The lowest BCUT2D eigenvalue weighted by Crippen LogP contribution is -2.37. The Bertz CT molecular complexity index is 182. The van der Waals surface area contributed by atoms with Gasteiger partial charge in [0, 0.05) is 18.5 Å². The molecule has 1 aliphatic carbocycles. The van der Waals surface area contributed by atoms with Gasteiger partial charge in [-0.1, -0.05) is 6.92 Å². The fourth-order valence-corrected chi connectivity index (χ4v) is 2.12. The molecule has 0 radical (unpaired) electrons. The van der Waals surface area contributed by atoms with Crippen LogP contribution in [0.4, 0.5) is 0 Å². The van der Waals surface area contributed by atoms with Crippen LogP contribution >= 0.6 is 0 Å². The zero-order chi connectivity index (χ0) is 9.84. The third kappa shape index (κ3) is 3.77. The van der Waals surface area contributed by atoms with Crippen molar-refractivity contribution in [2.24, 2.45) is 11.7 Å². The summed E-state index contributed by atoms with van der Waals surface area (Å²) in [7, 11) is 0. The minimum atomic E-state index is -0.217. The summed E-state index contributed by atoms with van der Waals surface area (Å²) in [6.45, 7) is 4.30. The summed E-state index contributed by atoms with van der Waals surface area (Å²) >= 11 is 0. The first kappa shape index (κ1) is 10.5. The van der Waals surface area contributed by atoms with E-state index in [1.54, 1.807) is 0 Å². The third-order valence-electron chi connectivity index (χ3n) is 2.72. The molecule has 0 heterocycles. The van der Waals surface area contributed by atoms with E-state index in [0.29, 0.717) is 12.5 Å². The quantitative estimate of drug-likeness (QED) is 0.685. The topological polar surface area (TPSA) is 55.1 Å². The minimum Gasteiger partial charge on any atom is -0.370 e. The van der Waals surface area contributed by atoms with Crippen LogP contribution in [0.15, 0.2) is 0 Å². The fraction of sp³-hybridized carbons (Fsp3) is 0.900. The van der Waals surface area contributed by atoms with E-state index in [1.165, 1.54) is 19.3 Å². The summed E-state index contributed by atoms with van der Waals surface area (Å²) in [5, 5.41) is 3.44. The van der Waals surface area contributed by atoms with Crippen molar-refractivity contribution >= 4 is 5.91 Å². The fourth-order valence-electron chi connectivity index (χ4n) is 2.12. The molecule has 76 valence electrons. The smallest absolute Gasteiger partial charge is 0.218 e. The third-order valence-corrected chi connectivity index (χ3v) is 2.72. The molecule has 0 aromatic carbocycles. The van der Waals surface area contributed by atoms with Gasteiger partial charge >= 0.3 is 0 Å².